The third-order valence-corrected chi connectivity index (χ3v) is 4.38. The van der Waals surface area contributed by atoms with E-state index in [2.05, 4.69) is 0 Å². The molecule has 2 aliphatic carbocycles. The van der Waals surface area contributed by atoms with Gasteiger partial charge in [-0.25, -0.2) is 4.39 Å². The van der Waals surface area contributed by atoms with Gasteiger partial charge in [-0.3, -0.25) is 4.79 Å². The van der Waals surface area contributed by atoms with Crippen molar-refractivity contribution in [2.75, 3.05) is 6.61 Å². The first-order valence-electron chi connectivity index (χ1n) is 6.63. The van der Waals surface area contributed by atoms with E-state index in [0.29, 0.717) is 30.1 Å². The van der Waals surface area contributed by atoms with Crippen molar-refractivity contribution in [1.29, 1.82) is 0 Å². The Bertz CT molecular complexity index is 458. The molecule has 3 heteroatoms. The van der Waals surface area contributed by atoms with E-state index in [1.165, 1.54) is 37.8 Å². The highest BCUT2D eigenvalue weighted by Crippen LogP contribution is 2.48. The first kappa shape index (κ1) is 11.7. The predicted molar refractivity (Wildman–Crippen MR) is 66.2 cm³/mol. The SMILES string of the molecule is O=Cc1cc(F)cc(OCC2CC3CCC2C3)c1. The Labute approximate surface area is 106 Å². The molecule has 96 valence electrons. The zero-order valence-electron chi connectivity index (χ0n) is 10.3. The molecule has 0 aliphatic heterocycles. The molecule has 0 spiro atoms. The zero-order chi connectivity index (χ0) is 12.5. The number of hydrogen-bond acceptors (Lipinski definition) is 2. The fraction of sp³-hybridized carbons (Fsp3) is 0.533. The highest BCUT2D eigenvalue weighted by atomic mass is 19.1. The number of aldehydes is 1. The Morgan fingerprint density at radius 1 is 1.28 bits per heavy atom. The summed E-state index contributed by atoms with van der Waals surface area (Å²) in [6, 6.07) is 4.17. The molecular formula is C15H17FO2. The summed E-state index contributed by atoms with van der Waals surface area (Å²) in [5.74, 6) is 2.37. The second-order valence-corrected chi connectivity index (χ2v) is 5.58. The molecular weight excluding hydrogens is 231 g/mol. The van der Waals surface area contributed by atoms with Crippen LogP contribution in [0.2, 0.25) is 0 Å². The average Bonchev–Trinajstić information content (AvgIpc) is 2.97. The van der Waals surface area contributed by atoms with Crippen LogP contribution in [-0.4, -0.2) is 12.9 Å². The van der Waals surface area contributed by atoms with Crippen molar-refractivity contribution >= 4 is 6.29 Å². The number of carbonyl (C=O) groups excluding carboxylic acids is 1. The first-order valence-corrected chi connectivity index (χ1v) is 6.63. The maximum atomic E-state index is 13.2. The minimum Gasteiger partial charge on any atom is -0.493 e. The van der Waals surface area contributed by atoms with E-state index in [-0.39, 0.29) is 0 Å². The van der Waals surface area contributed by atoms with Crippen LogP contribution in [0.1, 0.15) is 36.0 Å². The van der Waals surface area contributed by atoms with E-state index < -0.39 is 5.82 Å². The van der Waals surface area contributed by atoms with Gasteiger partial charge in [-0.1, -0.05) is 6.42 Å². The molecule has 18 heavy (non-hydrogen) atoms. The van der Waals surface area contributed by atoms with Crippen molar-refractivity contribution in [2.24, 2.45) is 17.8 Å². The quantitative estimate of drug-likeness (QED) is 0.763. The molecule has 0 amide bonds. The minimum absolute atomic E-state index is 0.331. The van der Waals surface area contributed by atoms with Gasteiger partial charge in [0.15, 0.2) is 0 Å². The van der Waals surface area contributed by atoms with Crippen LogP contribution in [0.4, 0.5) is 4.39 Å². The first-order chi connectivity index (χ1) is 8.74. The molecule has 3 atom stereocenters. The number of carbonyl (C=O) groups is 1. The minimum atomic E-state index is -0.414. The Kier molecular flexibility index (Phi) is 3.06. The lowest BCUT2D eigenvalue weighted by Crippen LogP contribution is -2.18. The van der Waals surface area contributed by atoms with E-state index >= 15 is 0 Å². The molecule has 1 aromatic carbocycles. The highest BCUT2D eigenvalue weighted by Gasteiger charge is 2.39. The van der Waals surface area contributed by atoms with Gasteiger partial charge in [-0.15, -0.1) is 0 Å². The fourth-order valence-electron chi connectivity index (χ4n) is 3.52. The van der Waals surface area contributed by atoms with Crippen LogP contribution in [0.3, 0.4) is 0 Å². The maximum Gasteiger partial charge on any atom is 0.150 e. The van der Waals surface area contributed by atoms with Crippen molar-refractivity contribution in [3.05, 3.63) is 29.6 Å². The smallest absolute Gasteiger partial charge is 0.150 e. The molecule has 0 aromatic heterocycles. The Balaban J connectivity index is 1.63. The zero-order valence-corrected chi connectivity index (χ0v) is 10.3. The van der Waals surface area contributed by atoms with Gasteiger partial charge in [0.25, 0.3) is 0 Å². The van der Waals surface area contributed by atoms with Crippen molar-refractivity contribution in [1.82, 2.24) is 0 Å². The third kappa shape index (κ3) is 2.26. The number of hydrogen-bond donors (Lipinski definition) is 0. The number of halogens is 1. The van der Waals surface area contributed by atoms with Crippen molar-refractivity contribution in [3.8, 4) is 5.75 Å². The molecule has 0 heterocycles. The summed E-state index contributed by atoms with van der Waals surface area (Å²) in [6.45, 7) is 0.656. The summed E-state index contributed by atoms with van der Waals surface area (Å²) < 4.78 is 18.9. The second-order valence-electron chi connectivity index (χ2n) is 5.58. The number of rotatable bonds is 4. The monoisotopic (exact) mass is 248 g/mol. The van der Waals surface area contributed by atoms with E-state index in [1.807, 2.05) is 0 Å². The van der Waals surface area contributed by atoms with E-state index in [4.69, 9.17) is 4.74 Å². The molecule has 3 rings (SSSR count). The fourth-order valence-corrected chi connectivity index (χ4v) is 3.52. The standard InChI is InChI=1S/C15H17FO2/c16-14-5-11(8-17)6-15(7-14)18-9-13-4-10-1-2-12(13)3-10/h5-8,10,12-13H,1-4,9H2. The van der Waals surface area contributed by atoms with Crippen molar-refractivity contribution in [2.45, 2.75) is 25.7 Å². The molecule has 2 bridgehead atoms. The van der Waals surface area contributed by atoms with Crippen molar-refractivity contribution in [3.63, 3.8) is 0 Å². The van der Waals surface area contributed by atoms with E-state index in [0.717, 1.165) is 11.8 Å². The van der Waals surface area contributed by atoms with Gasteiger partial charge in [-0.05, 0) is 49.1 Å². The van der Waals surface area contributed by atoms with Crippen LogP contribution >= 0.6 is 0 Å². The molecule has 2 nitrogen and oxygen atoms in total. The number of benzene rings is 1. The van der Waals surface area contributed by atoms with Crippen molar-refractivity contribution < 1.29 is 13.9 Å². The van der Waals surface area contributed by atoms with Gasteiger partial charge in [0.1, 0.15) is 17.9 Å². The Morgan fingerprint density at radius 2 is 2.17 bits per heavy atom. The summed E-state index contributed by atoms with van der Waals surface area (Å²) in [6.07, 6.45) is 5.93. The third-order valence-electron chi connectivity index (χ3n) is 4.38. The number of fused-ring (bicyclic) bond motifs is 2. The second kappa shape index (κ2) is 4.71. The summed E-state index contributed by atoms with van der Waals surface area (Å²) in [4.78, 5) is 10.7. The lowest BCUT2D eigenvalue weighted by Gasteiger charge is -2.21. The molecule has 2 aliphatic rings. The van der Waals surface area contributed by atoms with Crippen LogP contribution in [0.5, 0.6) is 5.75 Å². The summed E-state index contributed by atoms with van der Waals surface area (Å²) in [5.41, 5.74) is 0.331. The van der Waals surface area contributed by atoms with E-state index in [9.17, 15) is 9.18 Å². The molecule has 0 saturated heterocycles. The van der Waals surface area contributed by atoms with Crippen LogP contribution in [0, 0.1) is 23.6 Å². The van der Waals surface area contributed by atoms with Gasteiger partial charge in [0.2, 0.25) is 0 Å². The van der Waals surface area contributed by atoms with Gasteiger partial charge in [0, 0.05) is 11.6 Å². The lowest BCUT2D eigenvalue weighted by molar-refractivity contribution is 0.112. The number of ether oxygens (including phenoxy) is 1. The molecule has 2 saturated carbocycles. The molecule has 0 radical (unpaired) electrons. The van der Waals surface area contributed by atoms with Gasteiger partial charge in [-0.2, -0.15) is 0 Å². The van der Waals surface area contributed by atoms with E-state index in [1.54, 1.807) is 6.07 Å². The van der Waals surface area contributed by atoms with Gasteiger partial charge in [0.05, 0.1) is 6.61 Å². The topological polar surface area (TPSA) is 26.3 Å². The van der Waals surface area contributed by atoms with Crippen LogP contribution in [-0.2, 0) is 0 Å². The Hall–Kier alpha value is -1.38. The predicted octanol–water partition coefficient (Wildman–Crippen LogP) is 3.45. The summed E-state index contributed by atoms with van der Waals surface area (Å²) in [5, 5.41) is 0. The van der Waals surface area contributed by atoms with Gasteiger partial charge >= 0.3 is 0 Å². The van der Waals surface area contributed by atoms with Gasteiger partial charge < -0.3 is 4.74 Å². The van der Waals surface area contributed by atoms with Crippen LogP contribution in [0.25, 0.3) is 0 Å². The van der Waals surface area contributed by atoms with Crippen LogP contribution < -0.4 is 4.74 Å². The summed E-state index contributed by atoms with van der Waals surface area (Å²) >= 11 is 0. The average molecular weight is 248 g/mol. The lowest BCUT2D eigenvalue weighted by atomic mass is 9.89. The summed E-state index contributed by atoms with van der Waals surface area (Å²) in [7, 11) is 0. The normalized spacial score (nSPS) is 29.5. The molecule has 3 unspecified atom stereocenters. The van der Waals surface area contributed by atoms with Crippen LogP contribution in [0.15, 0.2) is 18.2 Å². The largest absolute Gasteiger partial charge is 0.493 e. The Morgan fingerprint density at radius 3 is 2.83 bits per heavy atom. The molecule has 0 N–H and O–H groups in total. The molecule has 1 aromatic rings. The molecule has 2 fully saturated rings. The maximum absolute atomic E-state index is 13.2. The highest BCUT2D eigenvalue weighted by molar-refractivity contribution is 5.75.